The number of fused-ring (bicyclic) bond motifs is 2. The van der Waals surface area contributed by atoms with E-state index in [-0.39, 0.29) is 27.2 Å². The molecular weight excluding hydrogens is 446 g/mol. The van der Waals surface area contributed by atoms with Gasteiger partial charge in [0.2, 0.25) is 9.84 Å². The summed E-state index contributed by atoms with van der Waals surface area (Å²) in [4.78, 5) is 25.1. The number of aromatic nitrogens is 4. The van der Waals surface area contributed by atoms with Crippen molar-refractivity contribution in [1.29, 1.82) is 0 Å². The van der Waals surface area contributed by atoms with Gasteiger partial charge in [0.1, 0.15) is 12.5 Å². The molecule has 4 aromatic rings. The Hall–Kier alpha value is -3.25. The Morgan fingerprint density at radius 3 is 2.67 bits per heavy atom. The monoisotopic (exact) mass is 456 g/mol. The van der Waals surface area contributed by atoms with Crippen LogP contribution in [0.25, 0.3) is 21.8 Å². The summed E-state index contributed by atoms with van der Waals surface area (Å²) in [5, 5.41) is 12.7. The maximum Gasteiger partial charge on any atom is 0.362 e. The molecule has 0 bridgehead atoms. The predicted octanol–water partition coefficient (Wildman–Crippen LogP) is 1.87. The molecule has 9 nitrogen and oxygen atoms in total. The van der Waals surface area contributed by atoms with E-state index in [1.165, 1.54) is 0 Å². The van der Waals surface area contributed by atoms with Crippen LogP contribution >= 0.6 is 11.6 Å². The average Bonchev–Trinajstić information content (AvgIpc) is 3.10. The van der Waals surface area contributed by atoms with E-state index in [4.69, 9.17) is 11.6 Å². The number of benzene rings is 2. The van der Waals surface area contributed by atoms with Crippen molar-refractivity contribution in [3.8, 4) is 0 Å². The van der Waals surface area contributed by atoms with E-state index in [0.717, 1.165) is 35.1 Å². The number of nitrogens with one attached hydrogen (secondary N) is 1. The Bertz CT molecular complexity index is 1560. The van der Waals surface area contributed by atoms with Crippen molar-refractivity contribution in [1.82, 2.24) is 19.5 Å². The van der Waals surface area contributed by atoms with Crippen LogP contribution in [0.1, 0.15) is 0 Å². The quantitative estimate of drug-likeness (QED) is 0.451. The van der Waals surface area contributed by atoms with Crippen LogP contribution in [-0.2, 0) is 16.4 Å². The van der Waals surface area contributed by atoms with E-state index in [1.807, 2.05) is 0 Å². The van der Waals surface area contributed by atoms with Crippen LogP contribution in [0.2, 0.25) is 5.02 Å². The summed E-state index contributed by atoms with van der Waals surface area (Å²) in [6.45, 7) is -1.01. The van der Waals surface area contributed by atoms with E-state index in [2.05, 4.69) is 10.1 Å². The molecule has 4 rings (SSSR count). The van der Waals surface area contributed by atoms with E-state index in [9.17, 15) is 32.0 Å². The first-order chi connectivity index (χ1) is 14.2. The number of aromatic amines is 1. The molecule has 2 N–H and O–H groups in total. The van der Waals surface area contributed by atoms with Gasteiger partial charge in [-0.05, 0) is 24.3 Å². The molecule has 2 aromatic carbocycles. The normalized spacial score (nSPS) is 12.1. The summed E-state index contributed by atoms with van der Waals surface area (Å²) in [6.07, 6.45) is 1.15. The van der Waals surface area contributed by atoms with Gasteiger partial charge < -0.3 is 10.2 Å². The number of alkyl halides is 1. The second kappa shape index (κ2) is 6.92. The minimum atomic E-state index is -4.49. The van der Waals surface area contributed by atoms with Gasteiger partial charge >= 0.3 is 5.69 Å². The van der Waals surface area contributed by atoms with Gasteiger partial charge in [-0.2, -0.15) is 5.10 Å². The highest BCUT2D eigenvalue weighted by atomic mass is 35.5. The molecule has 0 spiro atoms. The van der Waals surface area contributed by atoms with E-state index >= 15 is 0 Å². The molecule has 0 saturated heterocycles. The van der Waals surface area contributed by atoms with Gasteiger partial charge in [0.25, 0.3) is 5.56 Å². The van der Waals surface area contributed by atoms with Crippen LogP contribution in [0.3, 0.4) is 0 Å². The maximum atomic E-state index is 14.5. The highest BCUT2D eigenvalue weighted by molar-refractivity contribution is 7.91. The Morgan fingerprint density at radius 1 is 1.23 bits per heavy atom. The lowest BCUT2D eigenvalue weighted by molar-refractivity contribution is 0.162. The number of sulfone groups is 1. The maximum absolute atomic E-state index is 14.5. The lowest BCUT2D eigenvalue weighted by Crippen LogP contribution is -2.33. The molecule has 0 amide bonds. The van der Waals surface area contributed by atoms with Crippen molar-refractivity contribution in [2.75, 3.05) is 6.67 Å². The Morgan fingerprint density at radius 2 is 1.97 bits per heavy atom. The Balaban J connectivity index is 2.05. The largest absolute Gasteiger partial charge is 0.421 e. The molecule has 156 valence electrons. The van der Waals surface area contributed by atoms with E-state index in [0.29, 0.717) is 0 Å². The zero-order valence-corrected chi connectivity index (χ0v) is 16.3. The highest BCUT2D eigenvalue weighted by Gasteiger charge is 2.26. The molecule has 0 fully saturated rings. The van der Waals surface area contributed by atoms with Gasteiger partial charge in [-0.15, -0.1) is 0 Å². The second-order valence-electron chi connectivity index (χ2n) is 6.24. The molecule has 2 heterocycles. The third kappa shape index (κ3) is 2.87. The smallest absolute Gasteiger partial charge is 0.362 e. The lowest BCUT2D eigenvalue weighted by atomic mass is 10.2. The highest BCUT2D eigenvalue weighted by Crippen LogP contribution is 2.31. The van der Waals surface area contributed by atoms with Crippen molar-refractivity contribution in [3.05, 3.63) is 62.1 Å². The number of hydrogen-bond acceptors (Lipinski definition) is 6. The number of aryl methyl sites for hydroxylation is 1. The first-order valence-corrected chi connectivity index (χ1v) is 10.2. The van der Waals surface area contributed by atoms with Gasteiger partial charge in [-0.3, -0.25) is 9.48 Å². The number of H-pyrrole nitrogens is 1. The molecule has 0 unspecified atom stereocenters. The standard InChI is InChI=1S/C17H11ClF2N4O5S/c18-10-1-2-13(15-14(10)16(25)24(27)17(26)22-15)30(28,29)8-5-11(20)9-7-21-23(4-3-19)12(9)6-8/h1-2,5-7,27H,3-4H2,(H,22,26). The van der Waals surface area contributed by atoms with Gasteiger partial charge in [0.05, 0.1) is 49.4 Å². The summed E-state index contributed by atoms with van der Waals surface area (Å²) >= 11 is 5.95. The molecule has 30 heavy (non-hydrogen) atoms. The van der Waals surface area contributed by atoms with Crippen molar-refractivity contribution < 1.29 is 22.4 Å². The molecule has 0 saturated carbocycles. The number of halogens is 3. The van der Waals surface area contributed by atoms with Crippen molar-refractivity contribution in [3.63, 3.8) is 0 Å². The zero-order valence-electron chi connectivity index (χ0n) is 14.8. The van der Waals surface area contributed by atoms with Gasteiger partial charge in [0, 0.05) is 0 Å². The fraction of sp³-hybridized carbons (Fsp3) is 0.118. The number of nitrogens with zero attached hydrogens (tertiary/aromatic N) is 3. The Kier molecular flexibility index (Phi) is 4.62. The topological polar surface area (TPSA) is 127 Å². The van der Waals surface area contributed by atoms with Crippen molar-refractivity contribution in [2.45, 2.75) is 16.3 Å². The number of rotatable bonds is 4. The molecule has 2 aromatic heterocycles. The fourth-order valence-corrected chi connectivity index (χ4v) is 4.81. The first-order valence-electron chi connectivity index (χ1n) is 8.29. The molecule has 0 atom stereocenters. The first kappa shape index (κ1) is 20.0. The molecule has 0 aliphatic heterocycles. The van der Waals surface area contributed by atoms with Crippen LogP contribution < -0.4 is 11.2 Å². The van der Waals surface area contributed by atoms with Crippen LogP contribution in [0.4, 0.5) is 8.78 Å². The minimum Gasteiger partial charge on any atom is -0.421 e. The third-order valence-electron chi connectivity index (χ3n) is 4.53. The van der Waals surface area contributed by atoms with Crippen molar-refractivity contribution >= 4 is 43.2 Å². The average molecular weight is 457 g/mol. The molecular formula is C17H11ClF2N4O5S. The van der Waals surface area contributed by atoms with Crippen LogP contribution in [0.5, 0.6) is 0 Å². The molecule has 0 aliphatic rings. The van der Waals surface area contributed by atoms with E-state index in [1.54, 1.807) is 0 Å². The minimum absolute atomic E-state index is 0.0000575. The zero-order chi connectivity index (χ0) is 21.8. The van der Waals surface area contributed by atoms with Gasteiger partial charge in [0.15, 0.2) is 0 Å². The SMILES string of the molecule is O=c1[nH]c2c(S(=O)(=O)c3cc(F)c4cnn(CCF)c4c3)ccc(Cl)c2c(=O)n1O. The van der Waals surface area contributed by atoms with Crippen LogP contribution in [0.15, 0.2) is 49.8 Å². The summed E-state index contributed by atoms with van der Waals surface area (Å²) < 4.78 is 54.6. The summed E-state index contributed by atoms with van der Waals surface area (Å²) in [7, 11) is -4.49. The Labute approximate surface area is 170 Å². The van der Waals surface area contributed by atoms with Gasteiger partial charge in [-0.25, -0.2) is 22.0 Å². The third-order valence-corrected chi connectivity index (χ3v) is 6.62. The van der Waals surface area contributed by atoms with Crippen molar-refractivity contribution in [2.24, 2.45) is 0 Å². The predicted molar refractivity (Wildman–Crippen MR) is 102 cm³/mol. The summed E-state index contributed by atoms with van der Waals surface area (Å²) in [5.74, 6) is -0.902. The van der Waals surface area contributed by atoms with E-state index < -0.39 is 54.3 Å². The molecule has 13 heteroatoms. The molecule has 0 aliphatic carbocycles. The molecule has 0 radical (unpaired) electrons. The lowest BCUT2D eigenvalue weighted by Gasteiger charge is -2.10. The second-order valence-corrected chi connectivity index (χ2v) is 8.57. The summed E-state index contributed by atoms with van der Waals surface area (Å²) in [6, 6.07) is 4.00. The van der Waals surface area contributed by atoms with Crippen LogP contribution in [-0.4, -0.2) is 39.8 Å². The van der Waals surface area contributed by atoms with Crippen LogP contribution in [0, 0.1) is 5.82 Å². The number of hydrogen-bond donors (Lipinski definition) is 2. The van der Waals surface area contributed by atoms with Gasteiger partial charge in [-0.1, -0.05) is 16.3 Å². The summed E-state index contributed by atoms with van der Waals surface area (Å²) in [5.41, 5.74) is -2.90. The fourth-order valence-electron chi connectivity index (χ4n) is 3.12.